The first kappa shape index (κ1) is 24.4. The van der Waals surface area contributed by atoms with Crippen LogP contribution in [0.1, 0.15) is 10.4 Å². The van der Waals surface area contributed by atoms with E-state index in [1.807, 2.05) is 0 Å². The van der Waals surface area contributed by atoms with Gasteiger partial charge in [-0.2, -0.15) is 5.21 Å². The number of benzene rings is 2. The fourth-order valence-electron chi connectivity index (χ4n) is 3.27. The predicted octanol–water partition coefficient (Wildman–Crippen LogP) is -1.40. The average Bonchev–Trinajstić information content (AvgIpc) is 3.30. The molecule has 0 aliphatic rings. The van der Waals surface area contributed by atoms with Gasteiger partial charge in [0.25, 0.3) is 5.91 Å². The zero-order chi connectivity index (χ0) is 24.2. The molecule has 1 aromatic heterocycles. The van der Waals surface area contributed by atoms with Gasteiger partial charge in [-0.1, -0.05) is 24.3 Å². The smallest absolute Gasteiger partial charge is 0.251 e. The molecule has 0 bridgehead atoms. The maximum Gasteiger partial charge on any atom is 0.251 e. The number of aromatic nitrogens is 4. The van der Waals surface area contributed by atoms with E-state index in [1.54, 1.807) is 18.2 Å². The van der Waals surface area contributed by atoms with Crippen LogP contribution in [-0.4, -0.2) is 68.8 Å². The molecular weight excluding hydrogens is 472 g/mol. The number of nitrogens with one attached hydrogen (secondary N) is 2. The van der Waals surface area contributed by atoms with E-state index in [4.69, 9.17) is 16.6 Å². The number of carbonyl (C=O) groups excluding carboxylic acids is 1. The van der Waals surface area contributed by atoms with Crippen LogP contribution in [0.25, 0.3) is 22.5 Å². The van der Waals surface area contributed by atoms with Crippen LogP contribution in [0.3, 0.4) is 0 Å². The van der Waals surface area contributed by atoms with Crippen molar-refractivity contribution in [1.82, 2.24) is 25.9 Å². The predicted molar refractivity (Wildman–Crippen MR) is 119 cm³/mol. The van der Waals surface area contributed by atoms with Gasteiger partial charge < -0.3 is 16.8 Å². The lowest BCUT2D eigenvalue weighted by atomic mass is 9.94. The number of amides is 1. The van der Waals surface area contributed by atoms with E-state index < -0.39 is 41.3 Å². The van der Waals surface area contributed by atoms with E-state index in [0.717, 1.165) is 6.07 Å². The minimum Gasteiger partial charge on any atom is -0.351 e. The Labute approximate surface area is 189 Å². The number of sulfonamides is 1. The molecular formula is C18H22N8O5S2. The molecule has 3 rings (SSSR count). The summed E-state index contributed by atoms with van der Waals surface area (Å²) in [6, 6.07) is 8.81. The van der Waals surface area contributed by atoms with Gasteiger partial charge in [0.15, 0.2) is 9.84 Å². The minimum atomic E-state index is -4.63. The molecule has 15 heteroatoms. The molecule has 0 unspecified atom stereocenters. The average molecular weight is 495 g/mol. The van der Waals surface area contributed by atoms with Crippen molar-refractivity contribution in [2.24, 2.45) is 16.6 Å². The number of primary sulfonamides is 1. The van der Waals surface area contributed by atoms with Crippen LogP contribution >= 0.6 is 0 Å². The topological polar surface area (TPSA) is 230 Å². The van der Waals surface area contributed by atoms with Crippen molar-refractivity contribution in [1.29, 1.82) is 0 Å². The largest absolute Gasteiger partial charge is 0.351 e. The maximum absolute atomic E-state index is 12.8. The van der Waals surface area contributed by atoms with E-state index in [1.165, 1.54) is 12.1 Å². The van der Waals surface area contributed by atoms with Crippen LogP contribution in [0.2, 0.25) is 0 Å². The molecule has 0 saturated heterocycles. The van der Waals surface area contributed by atoms with Crippen LogP contribution < -0.4 is 21.9 Å². The zero-order valence-electron chi connectivity index (χ0n) is 17.2. The molecule has 3 aromatic rings. The lowest BCUT2D eigenvalue weighted by Gasteiger charge is -2.17. The molecule has 176 valence electrons. The first-order valence-electron chi connectivity index (χ1n) is 9.56. The summed E-state index contributed by atoms with van der Waals surface area (Å²) in [5, 5.41) is 21.4. The van der Waals surface area contributed by atoms with Crippen molar-refractivity contribution >= 4 is 25.8 Å². The molecule has 0 fully saturated rings. The fourth-order valence-corrected chi connectivity index (χ4v) is 6.02. The zero-order valence-corrected chi connectivity index (χ0v) is 18.9. The highest BCUT2D eigenvalue weighted by molar-refractivity contribution is 7.93. The summed E-state index contributed by atoms with van der Waals surface area (Å²) in [6.07, 6.45) is 0. The Bertz CT molecular complexity index is 1370. The first-order valence-corrected chi connectivity index (χ1v) is 12.8. The second-order valence-electron chi connectivity index (χ2n) is 6.79. The summed E-state index contributed by atoms with van der Waals surface area (Å²) in [6.45, 7) is 0.185. The van der Waals surface area contributed by atoms with Gasteiger partial charge in [-0.25, -0.2) is 22.0 Å². The van der Waals surface area contributed by atoms with Crippen molar-refractivity contribution in [2.75, 3.05) is 25.4 Å². The monoisotopic (exact) mass is 494 g/mol. The van der Waals surface area contributed by atoms with E-state index in [2.05, 4.69) is 25.9 Å². The number of nitrogens with two attached hydrogens (primary N) is 3. The number of nitrogens with zero attached hydrogens (tertiary/aromatic N) is 3. The van der Waals surface area contributed by atoms with Gasteiger partial charge in [-0.15, -0.1) is 10.2 Å². The Morgan fingerprint density at radius 3 is 2.33 bits per heavy atom. The van der Waals surface area contributed by atoms with Gasteiger partial charge in [0.1, 0.15) is 4.90 Å². The van der Waals surface area contributed by atoms with Crippen molar-refractivity contribution < 1.29 is 21.6 Å². The molecule has 0 saturated carbocycles. The quantitative estimate of drug-likeness (QED) is 0.233. The third kappa shape index (κ3) is 5.07. The third-order valence-corrected chi connectivity index (χ3v) is 7.49. The van der Waals surface area contributed by atoms with E-state index in [-0.39, 0.29) is 42.1 Å². The van der Waals surface area contributed by atoms with Crippen LogP contribution in [0.4, 0.5) is 0 Å². The number of carbonyl (C=O) groups is 1. The van der Waals surface area contributed by atoms with Crippen molar-refractivity contribution in [3.8, 4) is 22.5 Å². The summed E-state index contributed by atoms with van der Waals surface area (Å²) in [5.74, 6) is -1.21. The molecule has 1 amide bonds. The molecule has 0 spiro atoms. The lowest BCUT2D eigenvalue weighted by molar-refractivity contribution is 0.0955. The van der Waals surface area contributed by atoms with Gasteiger partial charge >= 0.3 is 0 Å². The number of tetrazole rings is 1. The molecule has 0 aliphatic heterocycles. The number of hydrogen-bond donors (Lipinski definition) is 5. The molecule has 1 heterocycles. The number of hydrogen-bond acceptors (Lipinski definition) is 10. The molecule has 2 aromatic carbocycles. The summed E-state index contributed by atoms with van der Waals surface area (Å²) in [5.41, 5.74) is 11.3. The second-order valence-corrected chi connectivity index (χ2v) is 10.4. The van der Waals surface area contributed by atoms with Crippen LogP contribution in [-0.2, 0) is 19.9 Å². The Hall–Kier alpha value is -3.24. The fraction of sp³-hybridized carbons (Fsp3) is 0.222. The van der Waals surface area contributed by atoms with Gasteiger partial charge in [0, 0.05) is 25.2 Å². The second kappa shape index (κ2) is 9.72. The highest BCUT2D eigenvalue weighted by Crippen LogP contribution is 2.40. The number of sulfone groups is 1. The van der Waals surface area contributed by atoms with Crippen molar-refractivity contribution in [3.05, 3.63) is 42.0 Å². The van der Waals surface area contributed by atoms with Gasteiger partial charge in [0.2, 0.25) is 15.8 Å². The summed E-state index contributed by atoms with van der Waals surface area (Å²) in [7, 11) is -8.77. The Balaban J connectivity index is 2.43. The normalized spacial score (nSPS) is 12.0. The van der Waals surface area contributed by atoms with Crippen molar-refractivity contribution in [3.63, 3.8) is 0 Å². The highest BCUT2D eigenvalue weighted by Gasteiger charge is 2.32. The molecule has 8 N–H and O–H groups in total. The lowest BCUT2D eigenvalue weighted by Crippen LogP contribution is -2.29. The maximum atomic E-state index is 12.8. The summed E-state index contributed by atoms with van der Waals surface area (Å²) >= 11 is 0. The summed E-state index contributed by atoms with van der Waals surface area (Å²) in [4.78, 5) is 11.5. The van der Waals surface area contributed by atoms with E-state index in [9.17, 15) is 21.6 Å². The molecule has 0 radical (unpaired) electrons. The molecule has 0 atom stereocenters. The van der Waals surface area contributed by atoms with Gasteiger partial charge in [0.05, 0.1) is 16.2 Å². The standard InChI is InChI=1S/C18H22N8O5S2/c19-7-9-22-18(27)13-4-2-1-3-11(13)12-5-6-14(32(28,29)10-8-20)16(33(21,30)31)15(12)17-23-25-26-24-17/h1-6H,7-10,19-20H2,(H,22,27)(H2,21,30,31)(H,23,24,25,26). The van der Waals surface area contributed by atoms with E-state index in [0.29, 0.717) is 5.56 Å². The Morgan fingerprint density at radius 2 is 1.73 bits per heavy atom. The Morgan fingerprint density at radius 1 is 1.00 bits per heavy atom. The van der Waals surface area contributed by atoms with Crippen molar-refractivity contribution in [2.45, 2.75) is 9.79 Å². The van der Waals surface area contributed by atoms with Crippen LogP contribution in [0.15, 0.2) is 46.2 Å². The van der Waals surface area contributed by atoms with E-state index >= 15 is 0 Å². The third-order valence-electron chi connectivity index (χ3n) is 4.59. The molecule has 13 nitrogen and oxygen atoms in total. The highest BCUT2D eigenvalue weighted by atomic mass is 32.2. The minimum absolute atomic E-state index is 0.158. The number of H-pyrrole nitrogens is 1. The van der Waals surface area contributed by atoms with Gasteiger partial charge in [-0.05, 0) is 28.5 Å². The number of rotatable bonds is 9. The first-order chi connectivity index (χ1) is 15.6. The number of aromatic amines is 1. The van der Waals surface area contributed by atoms with Crippen LogP contribution in [0, 0.1) is 0 Å². The summed E-state index contributed by atoms with van der Waals surface area (Å²) < 4.78 is 51.0. The molecule has 0 aliphatic carbocycles. The molecule has 33 heavy (non-hydrogen) atoms. The SMILES string of the molecule is NCCNC(=O)c1ccccc1-c1ccc(S(=O)(=O)CCN)c(S(N)(=O)=O)c1-c1nn[nH]n1. The Kier molecular flexibility index (Phi) is 7.19. The van der Waals surface area contributed by atoms with Gasteiger partial charge in [-0.3, -0.25) is 4.79 Å². The van der Waals surface area contributed by atoms with Crippen LogP contribution in [0.5, 0.6) is 0 Å².